The van der Waals surface area contributed by atoms with Gasteiger partial charge in [-0.1, -0.05) is 23.2 Å². The summed E-state index contributed by atoms with van der Waals surface area (Å²) in [7, 11) is 0. The highest BCUT2D eigenvalue weighted by Crippen LogP contribution is 2.38. The summed E-state index contributed by atoms with van der Waals surface area (Å²) in [5.41, 5.74) is 0.928. The maximum Gasteiger partial charge on any atom is 0.358 e. The first-order valence-corrected chi connectivity index (χ1v) is 8.35. The van der Waals surface area contributed by atoms with Gasteiger partial charge in [0.1, 0.15) is 0 Å². The highest BCUT2D eigenvalue weighted by Gasteiger charge is 2.17. The summed E-state index contributed by atoms with van der Waals surface area (Å²) in [4.78, 5) is 16.7. The van der Waals surface area contributed by atoms with Crippen LogP contribution in [0.2, 0.25) is 10.0 Å². The predicted molar refractivity (Wildman–Crippen MR) is 90.3 cm³/mol. The first-order chi connectivity index (χ1) is 9.93. The molecule has 1 N–H and O–H groups in total. The van der Waals surface area contributed by atoms with Gasteiger partial charge in [-0.3, -0.25) is 0 Å². The summed E-state index contributed by atoms with van der Waals surface area (Å²) >= 11 is 16.9. The number of hydrogen-bond donors (Lipinski definition) is 1. The Hall–Kier alpha value is -0.820. The van der Waals surface area contributed by atoms with Crippen molar-refractivity contribution in [1.29, 1.82) is 0 Å². The van der Waals surface area contributed by atoms with Crippen molar-refractivity contribution in [3.8, 4) is 0 Å². The Bertz CT molecular complexity index is 691. The number of carbonyl (C=O) groups excluding carboxylic acids is 1. The molecule has 0 aliphatic rings. The quantitative estimate of drug-likeness (QED) is 0.539. The molecule has 0 unspecified atom stereocenters. The third-order valence-electron chi connectivity index (χ3n) is 2.54. The SMILES string of the molecule is CCOC(=O)c1nc(Nc2ccc(Br)c(Cl)c2Cl)sc1C. The molecule has 0 atom stereocenters. The molecule has 1 aromatic heterocycles. The number of anilines is 2. The fourth-order valence-electron chi connectivity index (χ4n) is 1.58. The Morgan fingerprint density at radius 2 is 2.14 bits per heavy atom. The van der Waals surface area contributed by atoms with Gasteiger partial charge in [0.15, 0.2) is 10.8 Å². The molecular formula is C13H11BrCl2N2O2S. The number of halogens is 3. The van der Waals surface area contributed by atoms with Crippen LogP contribution in [0.3, 0.4) is 0 Å². The number of esters is 1. The van der Waals surface area contributed by atoms with Crippen molar-refractivity contribution >= 4 is 67.3 Å². The molecule has 8 heteroatoms. The number of nitrogens with zero attached hydrogens (tertiary/aromatic N) is 1. The van der Waals surface area contributed by atoms with Crippen molar-refractivity contribution < 1.29 is 9.53 Å². The van der Waals surface area contributed by atoms with Gasteiger partial charge in [0.2, 0.25) is 0 Å². The lowest BCUT2D eigenvalue weighted by atomic mass is 10.3. The van der Waals surface area contributed by atoms with E-state index in [1.165, 1.54) is 11.3 Å². The molecule has 4 nitrogen and oxygen atoms in total. The molecule has 0 fully saturated rings. The number of hydrogen-bond acceptors (Lipinski definition) is 5. The molecule has 0 aliphatic carbocycles. The summed E-state index contributed by atoms with van der Waals surface area (Å²) in [6.45, 7) is 3.88. The largest absolute Gasteiger partial charge is 0.461 e. The van der Waals surface area contributed by atoms with E-state index < -0.39 is 5.97 Å². The van der Waals surface area contributed by atoms with Crippen molar-refractivity contribution in [1.82, 2.24) is 4.98 Å². The zero-order valence-corrected chi connectivity index (χ0v) is 15.1. The summed E-state index contributed by atoms with van der Waals surface area (Å²) in [5.74, 6) is -0.431. The van der Waals surface area contributed by atoms with Crippen LogP contribution >= 0.6 is 50.5 Å². The van der Waals surface area contributed by atoms with Crippen molar-refractivity contribution in [2.75, 3.05) is 11.9 Å². The van der Waals surface area contributed by atoms with E-state index in [1.54, 1.807) is 19.1 Å². The summed E-state index contributed by atoms with van der Waals surface area (Å²) in [6.07, 6.45) is 0. The zero-order chi connectivity index (χ0) is 15.6. The Morgan fingerprint density at radius 1 is 1.43 bits per heavy atom. The van der Waals surface area contributed by atoms with Gasteiger partial charge in [-0.25, -0.2) is 9.78 Å². The van der Waals surface area contributed by atoms with Crippen molar-refractivity contribution in [3.63, 3.8) is 0 Å². The lowest BCUT2D eigenvalue weighted by molar-refractivity contribution is 0.0519. The molecule has 0 radical (unpaired) electrons. The smallest absolute Gasteiger partial charge is 0.358 e. The third-order valence-corrected chi connectivity index (χ3v) is 5.20. The minimum Gasteiger partial charge on any atom is -0.461 e. The molecule has 112 valence electrons. The molecule has 2 aromatic rings. The van der Waals surface area contributed by atoms with Crippen LogP contribution in [0.5, 0.6) is 0 Å². The van der Waals surface area contributed by atoms with E-state index in [1.807, 2.05) is 6.92 Å². The average molecular weight is 410 g/mol. The van der Waals surface area contributed by atoms with E-state index in [0.29, 0.717) is 37.6 Å². The fraction of sp³-hybridized carbons (Fsp3) is 0.231. The Labute approximate surface area is 144 Å². The van der Waals surface area contributed by atoms with Crippen LogP contribution in [0, 0.1) is 6.92 Å². The minimum absolute atomic E-state index is 0.309. The molecule has 1 heterocycles. The number of carbonyl (C=O) groups is 1. The van der Waals surface area contributed by atoms with E-state index in [0.717, 1.165) is 4.88 Å². The summed E-state index contributed by atoms with van der Waals surface area (Å²) < 4.78 is 5.67. The second kappa shape index (κ2) is 6.96. The molecule has 0 saturated heterocycles. The molecule has 2 rings (SSSR count). The van der Waals surface area contributed by atoms with Gasteiger partial charge in [-0.05, 0) is 41.9 Å². The van der Waals surface area contributed by atoms with Crippen LogP contribution < -0.4 is 5.32 Å². The van der Waals surface area contributed by atoms with Gasteiger partial charge in [-0.2, -0.15) is 0 Å². The van der Waals surface area contributed by atoms with E-state index in [4.69, 9.17) is 27.9 Å². The highest BCUT2D eigenvalue weighted by molar-refractivity contribution is 9.10. The normalized spacial score (nSPS) is 10.5. The molecule has 0 bridgehead atoms. The van der Waals surface area contributed by atoms with Gasteiger partial charge in [-0.15, -0.1) is 11.3 Å². The van der Waals surface area contributed by atoms with Crippen LogP contribution in [0.4, 0.5) is 10.8 Å². The Morgan fingerprint density at radius 3 is 2.81 bits per heavy atom. The van der Waals surface area contributed by atoms with Crippen LogP contribution in [0.1, 0.15) is 22.3 Å². The van der Waals surface area contributed by atoms with Crippen molar-refractivity contribution in [2.45, 2.75) is 13.8 Å². The number of aromatic nitrogens is 1. The van der Waals surface area contributed by atoms with Crippen molar-refractivity contribution in [2.24, 2.45) is 0 Å². The number of thiazole rings is 1. The number of ether oxygens (including phenoxy) is 1. The summed E-state index contributed by atoms with van der Waals surface area (Å²) in [6, 6.07) is 3.56. The van der Waals surface area contributed by atoms with Crippen LogP contribution in [-0.4, -0.2) is 17.6 Å². The summed E-state index contributed by atoms with van der Waals surface area (Å²) in [5, 5.41) is 4.42. The number of benzene rings is 1. The minimum atomic E-state index is -0.431. The number of rotatable bonds is 4. The third kappa shape index (κ3) is 3.69. The molecule has 0 amide bonds. The molecule has 0 saturated carbocycles. The maximum absolute atomic E-state index is 11.7. The van der Waals surface area contributed by atoms with E-state index in [2.05, 4.69) is 26.2 Å². The van der Waals surface area contributed by atoms with Crippen LogP contribution in [-0.2, 0) is 4.74 Å². The van der Waals surface area contributed by atoms with Crippen LogP contribution in [0.25, 0.3) is 0 Å². The highest BCUT2D eigenvalue weighted by atomic mass is 79.9. The Kier molecular flexibility index (Phi) is 5.48. The number of nitrogens with one attached hydrogen (secondary N) is 1. The molecular weight excluding hydrogens is 399 g/mol. The van der Waals surface area contributed by atoms with Crippen molar-refractivity contribution in [3.05, 3.63) is 37.2 Å². The van der Waals surface area contributed by atoms with Gasteiger partial charge >= 0.3 is 5.97 Å². The van der Waals surface area contributed by atoms with Gasteiger partial charge in [0.05, 0.1) is 22.3 Å². The maximum atomic E-state index is 11.7. The second-order valence-corrected chi connectivity index (χ2v) is 6.81. The van der Waals surface area contributed by atoms with Crippen LogP contribution in [0.15, 0.2) is 16.6 Å². The lowest BCUT2D eigenvalue weighted by Gasteiger charge is -2.07. The second-order valence-electron chi connectivity index (χ2n) is 3.99. The number of aryl methyl sites for hydroxylation is 1. The molecule has 0 spiro atoms. The first-order valence-electron chi connectivity index (χ1n) is 5.99. The standard InChI is InChI=1S/C13H11BrCl2N2O2S/c1-3-20-12(19)11-6(2)21-13(18-11)17-8-5-4-7(14)9(15)10(8)16/h4-5H,3H2,1-2H3,(H,17,18). The van der Waals surface area contributed by atoms with Gasteiger partial charge in [0, 0.05) is 9.35 Å². The molecule has 1 aromatic carbocycles. The topological polar surface area (TPSA) is 51.2 Å². The van der Waals surface area contributed by atoms with Gasteiger partial charge < -0.3 is 10.1 Å². The van der Waals surface area contributed by atoms with Gasteiger partial charge in [0.25, 0.3) is 0 Å². The zero-order valence-electron chi connectivity index (χ0n) is 11.2. The molecule has 0 aliphatic heterocycles. The molecule has 21 heavy (non-hydrogen) atoms. The van der Waals surface area contributed by atoms with E-state index in [9.17, 15) is 4.79 Å². The lowest BCUT2D eigenvalue weighted by Crippen LogP contribution is -2.06. The monoisotopic (exact) mass is 408 g/mol. The first kappa shape index (κ1) is 16.5. The fourth-order valence-corrected chi connectivity index (χ4v) is 3.21. The van der Waals surface area contributed by atoms with E-state index in [-0.39, 0.29) is 0 Å². The van der Waals surface area contributed by atoms with E-state index >= 15 is 0 Å². The predicted octanol–water partition coefficient (Wildman–Crippen LogP) is 5.44. The average Bonchev–Trinajstić information content (AvgIpc) is 2.81. The Balaban J connectivity index is 2.27.